The van der Waals surface area contributed by atoms with Crippen LogP contribution in [0, 0.1) is 17.2 Å². The van der Waals surface area contributed by atoms with Crippen molar-refractivity contribution in [1.29, 1.82) is 5.26 Å². The number of carbonyl (C=O) groups is 1. The molecule has 0 radical (unpaired) electrons. The minimum atomic E-state index is -0.0262. The molecule has 5 heterocycles. The first-order valence-electron chi connectivity index (χ1n) is 11.6. The molecule has 170 valence electrons. The van der Waals surface area contributed by atoms with Gasteiger partial charge in [-0.2, -0.15) is 10.2 Å². The van der Waals surface area contributed by atoms with Crippen LogP contribution in [0.1, 0.15) is 55.8 Å². The van der Waals surface area contributed by atoms with Crippen molar-refractivity contribution in [2.24, 2.45) is 5.92 Å². The average molecular weight is 446 g/mol. The third-order valence-corrected chi connectivity index (χ3v) is 6.71. The number of furan rings is 1. The first-order chi connectivity index (χ1) is 16.2. The predicted octanol–water partition coefficient (Wildman–Crippen LogP) is 4.56. The summed E-state index contributed by atoms with van der Waals surface area (Å²) in [7, 11) is 0. The average Bonchev–Trinajstić information content (AvgIpc) is 3.49. The van der Waals surface area contributed by atoms with Gasteiger partial charge in [0.05, 0.1) is 12.3 Å². The largest absolute Gasteiger partial charge is 0.459 e. The van der Waals surface area contributed by atoms with Gasteiger partial charge in [-0.3, -0.25) is 9.78 Å². The van der Waals surface area contributed by atoms with Gasteiger partial charge in [0.25, 0.3) is 5.89 Å². The Bertz CT molecular complexity index is 1110. The number of piperidine rings is 1. The minimum absolute atomic E-state index is 0.0262. The van der Waals surface area contributed by atoms with E-state index in [4.69, 9.17) is 8.83 Å². The van der Waals surface area contributed by atoms with Gasteiger partial charge in [0.1, 0.15) is 6.07 Å². The summed E-state index contributed by atoms with van der Waals surface area (Å²) in [4.78, 5) is 26.2. The van der Waals surface area contributed by atoms with Gasteiger partial charge in [0.15, 0.2) is 5.76 Å². The fourth-order valence-electron chi connectivity index (χ4n) is 4.97. The van der Waals surface area contributed by atoms with E-state index in [-0.39, 0.29) is 23.6 Å². The Labute approximate surface area is 192 Å². The maximum absolute atomic E-state index is 13.6. The molecule has 5 rings (SSSR count). The number of hydrogen-bond acceptors (Lipinski definition) is 7. The molecular formula is C25H27N5O3. The van der Waals surface area contributed by atoms with Gasteiger partial charge >= 0.3 is 0 Å². The van der Waals surface area contributed by atoms with Gasteiger partial charge in [-0.1, -0.05) is 12.8 Å². The van der Waals surface area contributed by atoms with Crippen LogP contribution >= 0.6 is 0 Å². The number of rotatable bonds is 4. The standard InChI is InChI=1S/C25H27N5O3/c26-17-20-25(33-23(28-20)22-6-4-16-32-22)29-14-9-19(10-15-29)24(31)30-13-3-1-2-5-21(30)18-7-11-27-12-8-18/h4,6-8,11-12,16,19,21H,1-3,5,9-10,13-15H2. The van der Waals surface area contributed by atoms with Crippen molar-refractivity contribution in [2.75, 3.05) is 24.5 Å². The van der Waals surface area contributed by atoms with Crippen molar-refractivity contribution in [3.05, 3.63) is 54.2 Å². The minimum Gasteiger partial charge on any atom is -0.459 e. The number of amides is 1. The summed E-state index contributed by atoms with van der Waals surface area (Å²) in [6, 6.07) is 9.81. The summed E-state index contributed by atoms with van der Waals surface area (Å²) in [6.07, 6.45) is 10.9. The Morgan fingerprint density at radius 3 is 2.61 bits per heavy atom. The lowest BCUT2D eigenvalue weighted by atomic mass is 9.93. The normalized spacial score (nSPS) is 19.8. The fourth-order valence-corrected chi connectivity index (χ4v) is 4.97. The van der Waals surface area contributed by atoms with E-state index in [1.54, 1.807) is 18.4 Å². The Balaban J connectivity index is 1.29. The zero-order chi connectivity index (χ0) is 22.6. The maximum Gasteiger partial charge on any atom is 0.266 e. The molecule has 3 aromatic rings. The molecule has 2 aliphatic heterocycles. The molecule has 8 nitrogen and oxygen atoms in total. The highest BCUT2D eigenvalue weighted by atomic mass is 16.4. The van der Waals surface area contributed by atoms with Crippen LogP contribution in [0.5, 0.6) is 0 Å². The second-order valence-electron chi connectivity index (χ2n) is 8.70. The molecule has 1 amide bonds. The topological polar surface area (TPSA) is 99.4 Å². The van der Waals surface area contributed by atoms with E-state index < -0.39 is 0 Å². The third-order valence-electron chi connectivity index (χ3n) is 6.71. The number of carbonyl (C=O) groups excluding carboxylic acids is 1. The molecule has 3 aromatic heterocycles. The molecule has 0 N–H and O–H groups in total. The number of oxazole rings is 1. The lowest BCUT2D eigenvalue weighted by Gasteiger charge is -2.37. The van der Waals surface area contributed by atoms with Crippen LogP contribution in [0.3, 0.4) is 0 Å². The van der Waals surface area contributed by atoms with Gasteiger partial charge in [-0.15, -0.1) is 0 Å². The molecule has 1 unspecified atom stereocenters. The summed E-state index contributed by atoms with van der Waals surface area (Å²) >= 11 is 0. The van der Waals surface area contributed by atoms with Crippen molar-refractivity contribution in [2.45, 2.75) is 44.6 Å². The van der Waals surface area contributed by atoms with Crippen LogP contribution in [0.15, 0.2) is 51.8 Å². The molecule has 0 aromatic carbocycles. The van der Waals surface area contributed by atoms with Crippen LogP contribution < -0.4 is 4.90 Å². The van der Waals surface area contributed by atoms with Crippen molar-refractivity contribution >= 4 is 11.8 Å². The SMILES string of the molecule is N#Cc1nc(-c2ccco2)oc1N1CCC(C(=O)N2CCCCCC2c2ccncc2)CC1. The summed E-state index contributed by atoms with van der Waals surface area (Å²) in [6.45, 7) is 2.09. The van der Waals surface area contributed by atoms with E-state index >= 15 is 0 Å². The summed E-state index contributed by atoms with van der Waals surface area (Å²) in [5.41, 5.74) is 1.42. The quantitative estimate of drug-likeness (QED) is 0.580. The highest BCUT2D eigenvalue weighted by Gasteiger charge is 2.35. The number of pyridine rings is 1. The molecule has 2 fully saturated rings. The zero-order valence-corrected chi connectivity index (χ0v) is 18.5. The fraction of sp³-hybridized carbons (Fsp3) is 0.440. The molecule has 2 aliphatic rings. The van der Waals surface area contributed by atoms with E-state index in [2.05, 4.69) is 20.9 Å². The van der Waals surface area contributed by atoms with Gasteiger partial charge in [0, 0.05) is 37.9 Å². The monoisotopic (exact) mass is 445 g/mol. The molecule has 1 atom stereocenters. The number of anilines is 1. The Hall–Kier alpha value is -3.60. The predicted molar refractivity (Wildman–Crippen MR) is 121 cm³/mol. The molecule has 0 aliphatic carbocycles. The van der Waals surface area contributed by atoms with Crippen molar-refractivity contribution in [3.8, 4) is 17.7 Å². The molecule has 0 spiro atoms. The highest BCUT2D eigenvalue weighted by Crippen LogP contribution is 2.35. The summed E-state index contributed by atoms with van der Waals surface area (Å²) in [5, 5.41) is 9.54. The second-order valence-corrected chi connectivity index (χ2v) is 8.70. The third kappa shape index (κ3) is 4.36. The van der Waals surface area contributed by atoms with Crippen LogP contribution in [0.2, 0.25) is 0 Å². The van der Waals surface area contributed by atoms with Crippen LogP contribution in [0.25, 0.3) is 11.7 Å². The van der Waals surface area contributed by atoms with Crippen LogP contribution in [-0.4, -0.2) is 40.4 Å². The van der Waals surface area contributed by atoms with Crippen molar-refractivity contribution < 1.29 is 13.6 Å². The zero-order valence-electron chi connectivity index (χ0n) is 18.5. The number of likely N-dealkylation sites (tertiary alicyclic amines) is 1. The van der Waals surface area contributed by atoms with Crippen LogP contribution in [-0.2, 0) is 4.79 Å². The van der Waals surface area contributed by atoms with E-state index in [1.165, 1.54) is 5.56 Å². The number of nitrogens with zero attached hydrogens (tertiary/aromatic N) is 5. The first kappa shape index (κ1) is 21.3. The van der Waals surface area contributed by atoms with E-state index in [9.17, 15) is 10.1 Å². The van der Waals surface area contributed by atoms with Crippen LogP contribution in [0.4, 0.5) is 5.88 Å². The molecule has 2 saturated heterocycles. The Kier molecular flexibility index (Phi) is 6.11. The summed E-state index contributed by atoms with van der Waals surface area (Å²) in [5.74, 6) is 1.47. The van der Waals surface area contributed by atoms with Crippen molar-refractivity contribution in [3.63, 3.8) is 0 Å². The van der Waals surface area contributed by atoms with E-state index in [1.807, 2.05) is 29.4 Å². The Morgan fingerprint density at radius 1 is 1.06 bits per heavy atom. The number of hydrogen-bond donors (Lipinski definition) is 0. The Morgan fingerprint density at radius 2 is 1.88 bits per heavy atom. The summed E-state index contributed by atoms with van der Waals surface area (Å²) < 4.78 is 11.2. The number of aromatic nitrogens is 2. The number of nitriles is 1. The molecular weight excluding hydrogens is 418 g/mol. The smallest absolute Gasteiger partial charge is 0.266 e. The molecule has 8 heteroatoms. The van der Waals surface area contributed by atoms with Crippen molar-refractivity contribution in [1.82, 2.24) is 14.9 Å². The molecule has 0 bridgehead atoms. The molecule has 33 heavy (non-hydrogen) atoms. The van der Waals surface area contributed by atoms with Gasteiger partial charge < -0.3 is 18.6 Å². The first-order valence-corrected chi connectivity index (χ1v) is 11.6. The highest BCUT2D eigenvalue weighted by molar-refractivity contribution is 5.80. The van der Waals surface area contributed by atoms with E-state index in [0.717, 1.165) is 45.1 Å². The van der Waals surface area contributed by atoms with Gasteiger partial charge in [0.2, 0.25) is 17.5 Å². The molecule has 0 saturated carbocycles. The van der Waals surface area contributed by atoms with Gasteiger partial charge in [-0.05, 0) is 55.5 Å². The lowest BCUT2D eigenvalue weighted by Crippen LogP contribution is -2.44. The second kappa shape index (κ2) is 9.49. The maximum atomic E-state index is 13.6. The van der Waals surface area contributed by atoms with Gasteiger partial charge in [-0.25, -0.2) is 0 Å². The lowest BCUT2D eigenvalue weighted by molar-refractivity contribution is -0.138. The van der Waals surface area contributed by atoms with E-state index in [0.29, 0.717) is 30.6 Å².